The molecule has 2 aromatic carbocycles. The molecule has 0 radical (unpaired) electrons. The predicted molar refractivity (Wildman–Crippen MR) is 175 cm³/mol. The lowest BCUT2D eigenvalue weighted by molar-refractivity contribution is -0.131. The van der Waals surface area contributed by atoms with Crippen LogP contribution < -0.4 is 14.5 Å². The van der Waals surface area contributed by atoms with E-state index < -0.39 is 17.8 Å². The second-order valence-electron chi connectivity index (χ2n) is 12.5. The lowest BCUT2D eigenvalue weighted by Gasteiger charge is -2.41. The molecule has 236 valence electrons. The van der Waals surface area contributed by atoms with Crippen LogP contribution in [0.15, 0.2) is 48.8 Å². The lowest BCUT2D eigenvalue weighted by atomic mass is 10.0. The smallest absolute Gasteiger partial charge is 0.318 e. The Balaban J connectivity index is 1.32. The van der Waals surface area contributed by atoms with E-state index in [2.05, 4.69) is 51.4 Å². The summed E-state index contributed by atoms with van der Waals surface area (Å²) in [6.45, 7) is 16.9. The van der Waals surface area contributed by atoms with E-state index >= 15 is 0 Å². The largest absolute Gasteiger partial charge is 0.459 e. The zero-order valence-corrected chi connectivity index (χ0v) is 26.6. The molecule has 3 aliphatic rings. The van der Waals surface area contributed by atoms with Crippen molar-refractivity contribution in [1.82, 2.24) is 19.8 Å². The third-order valence-corrected chi connectivity index (χ3v) is 9.23. The predicted octanol–water partition coefficient (Wildman–Crippen LogP) is 5.37. The van der Waals surface area contributed by atoms with Crippen LogP contribution in [0.25, 0.3) is 15.6 Å². The number of aromatic nitrogens is 2. The number of benzene rings is 2. The SMILES string of the molecule is [C-]#[N+]C[C@H]1CN(c2nc(O[C@@H](C)CN(C)CC3CC3)nc3c2CCN(c2cccc4cccc(Cl)c24)C3)CCN1C(=O)C(=C)F. The number of carbonyl (C=O) groups is 1. The van der Waals surface area contributed by atoms with Gasteiger partial charge in [-0.3, -0.25) is 4.79 Å². The van der Waals surface area contributed by atoms with E-state index in [0.717, 1.165) is 59.1 Å². The maximum absolute atomic E-state index is 13.8. The van der Waals surface area contributed by atoms with Crippen LogP contribution in [0.4, 0.5) is 15.9 Å². The third kappa shape index (κ3) is 6.85. The van der Waals surface area contributed by atoms with Crippen molar-refractivity contribution in [3.05, 3.63) is 76.5 Å². The van der Waals surface area contributed by atoms with E-state index in [0.29, 0.717) is 37.1 Å². The highest BCUT2D eigenvalue weighted by Crippen LogP contribution is 2.37. The van der Waals surface area contributed by atoms with Gasteiger partial charge in [0.1, 0.15) is 18.0 Å². The Morgan fingerprint density at radius 1 is 1.20 bits per heavy atom. The second-order valence-corrected chi connectivity index (χ2v) is 12.9. The van der Waals surface area contributed by atoms with Crippen LogP contribution in [0, 0.1) is 12.5 Å². The minimum Gasteiger partial charge on any atom is -0.459 e. The molecule has 3 aromatic rings. The normalized spacial score (nSPS) is 18.9. The van der Waals surface area contributed by atoms with Gasteiger partial charge in [0.15, 0.2) is 5.83 Å². The van der Waals surface area contributed by atoms with Crippen LogP contribution in [0.2, 0.25) is 5.02 Å². The van der Waals surface area contributed by atoms with E-state index in [1.165, 1.54) is 17.7 Å². The number of piperazine rings is 1. The zero-order valence-electron chi connectivity index (χ0n) is 25.9. The number of nitrogens with zero attached hydrogens (tertiary/aromatic N) is 7. The van der Waals surface area contributed by atoms with Crippen molar-refractivity contribution < 1.29 is 13.9 Å². The number of amides is 1. The standard InChI is InChI=1S/C34H39ClFN7O2/c1-22(18-40(4)19-24-11-12-24)45-34-38-29-21-41(30-10-6-8-25-7-5-9-28(35)31(25)30)14-13-27(29)32(39-34)42-15-16-43(33(44)23(2)36)26(20-42)17-37-3/h5-10,22,24,26H,2,11-21H2,1,4H3/t22-,26-/m0/s1. The number of carbonyl (C=O) groups excluding carboxylic acids is 1. The number of halogens is 2. The van der Waals surface area contributed by atoms with Gasteiger partial charge in [-0.05, 0) is 56.7 Å². The number of anilines is 2. The minimum atomic E-state index is -1.01. The molecule has 0 unspecified atom stereocenters. The molecular formula is C34H39ClFN7O2. The molecule has 1 saturated heterocycles. The monoisotopic (exact) mass is 631 g/mol. The number of fused-ring (bicyclic) bond motifs is 2. The molecule has 1 aromatic heterocycles. The number of likely N-dealkylation sites (N-methyl/N-ethyl adjacent to an activating group) is 1. The first kappa shape index (κ1) is 31.1. The summed E-state index contributed by atoms with van der Waals surface area (Å²) in [5, 5.41) is 2.80. The van der Waals surface area contributed by atoms with Crippen LogP contribution in [0.3, 0.4) is 0 Å². The summed E-state index contributed by atoms with van der Waals surface area (Å²) in [7, 11) is 2.12. The van der Waals surface area contributed by atoms with E-state index in [1.54, 1.807) is 0 Å². The average molecular weight is 632 g/mol. The van der Waals surface area contributed by atoms with Crippen molar-refractivity contribution in [2.24, 2.45) is 5.92 Å². The van der Waals surface area contributed by atoms with Crippen LogP contribution in [-0.2, 0) is 17.8 Å². The first-order valence-electron chi connectivity index (χ1n) is 15.6. The van der Waals surface area contributed by atoms with Crippen LogP contribution >= 0.6 is 11.6 Å². The molecule has 0 bridgehead atoms. The molecule has 45 heavy (non-hydrogen) atoms. The maximum atomic E-state index is 13.8. The van der Waals surface area contributed by atoms with Gasteiger partial charge in [-0.15, -0.1) is 0 Å². The van der Waals surface area contributed by atoms with Gasteiger partial charge in [0, 0.05) is 55.9 Å². The number of ether oxygens (including phenoxy) is 1. The Hall–Kier alpha value is -3.94. The molecule has 6 rings (SSSR count). The topological polar surface area (TPSA) is 69.4 Å². The van der Waals surface area contributed by atoms with Crippen molar-refractivity contribution in [1.29, 1.82) is 0 Å². The van der Waals surface area contributed by atoms with Crippen molar-refractivity contribution in [2.45, 2.75) is 44.9 Å². The van der Waals surface area contributed by atoms with Gasteiger partial charge in [-0.1, -0.05) is 42.4 Å². The number of rotatable bonds is 10. The number of hydrogen-bond acceptors (Lipinski definition) is 7. The summed E-state index contributed by atoms with van der Waals surface area (Å²) in [6.07, 6.45) is 3.15. The van der Waals surface area contributed by atoms with Gasteiger partial charge in [0.05, 0.1) is 17.3 Å². The van der Waals surface area contributed by atoms with Crippen LogP contribution in [0.1, 0.15) is 31.0 Å². The Morgan fingerprint density at radius 3 is 2.71 bits per heavy atom. The van der Waals surface area contributed by atoms with Gasteiger partial charge < -0.3 is 29.2 Å². The molecule has 1 amide bonds. The van der Waals surface area contributed by atoms with Crippen LogP contribution in [-0.4, -0.2) is 90.7 Å². The highest BCUT2D eigenvalue weighted by molar-refractivity contribution is 6.36. The van der Waals surface area contributed by atoms with Gasteiger partial charge in [-0.25, -0.2) is 11.0 Å². The highest BCUT2D eigenvalue weighted by Gasteiger charge is 2.36. The summed E-state index contributed by atoms with van der Waals surface area (Å²) in [5.74, 6) is -0.232. The van der Waals surface area contributed by atoms with Crippen molar-refractivity contribution in [2.75, 3.05) is 62.7 Å². The molecule has 0 N–H and O–H groups in total. The molecule has 9 nitrogen and oxygen atoms in total. The van der Waals surface area contributed by atoms with Gasteiger partial charge in [0.2, 0.25) is 6.54 Å². The maximum Gasteiger partial charge on any atom is 0.318 e. The van der Waals surface area contributed by atoms with Crippen molar-refractivity contribution >= 4 is 39.8 Å². The molecular weight excluding hydrogens is 593 g/mol. The van der Waals surface area contributed by atoms with Gasteiger partial charge in [-0.2, -0.15) is 9.97 Å². The lowest BCUT2D eigenvalue weighted by Crippen LogP contribution is -2.57. The summed E-state index contributed by atoms with van der Waals surface area (Å²) < 4.78 is 20.2. The molecule has 0 spiro atoms. The molecule has 3 heterocycles. The number of hydrogen-bond donors (Lipinski definition) is 0. The second kappa shape index (κ2) is 13.2. The Labute approximate surface area is 269 Å². The van der Waals surface area contributed by atoms with Crippen molar-refractivity contribution in [3.8, 4) is 6.01 Å². The Morgan fingerprint density at radius 2 is 1.98 bits per heavy atom. The van der Waals surface area contributed by atoms with Crippen LogP contribution in [0.5, 0.6) is 6.01 Å². The Bertz CT molecular complexity index is 1640. The molecule has 2 fully saturated rings. The Kier molecular flexibility index (Phi) is 9.11. The summed E-state index contributed by atoms with van der Waals surface area (Å²) in [4.78, 5) is 34.1. The van der Waals surface area contributed by atoms with Crippen molar-refractivity contribution in [3.63, 3.8) is 0 Å². The minimum absolute atomic E-state index is 0.0616. The van der Waals surface area contributed by atoms with E-state index in [1.807, 2.05) is 25.1 Å². The van der Waals surface area contributed by atoms with E-state index in [9.17, 15) is 9.18 Å². The summed E-state index contributed by atoms with van der Waals surface area (Å²) in [5.41, 5.74) is 2.96. The quantitative estimate of drug-likeness (QED) is 0.220. The molecule has 2 atom stereocenters. The fourth-order valence-electron chi connectivity index (χ4n) is 6.65. The highest BCUT2D eigenvalue weighted by atomic mass is 35.5. The van der Waals surface area contributed by atoms with Gasteiger partial charge >= 0.3 is 6.01 Å². The average Bonchev–Trinajstić information content (AvgIpc) is 3.83. The molecule has 1 aliphatic carbocycles. The summed E-state index contributed by atoms with van der Waals surface area (Å²) >= 11 is 6.70. The zero-order chi connectivity index (χ0) is 31.7. The summed E-state index contributed by atoms with van der Waals surface area (Å²) in [6, 6.07) is 12.0. The van der Waals surface area contributed by atoms with E-state index in [-0.39, 0.29) is 19.2 Å². The fourth-order valence-corrected chi connectivity index (χ4v) is 6.93. The molecule has 2 aliphatic heterocycles. The fraction of sp³-hybridized carbons (Fsp3) is 0.471. The molecule has 1 saturated carbocycles. The molecule has 11 heteroatoms. The first-order valence-corrected chi connectivity index (χ1v) is 16.0. The van der Waals surface area contributed by atoms with Gasteiger partial charge in [0.25, 0.3) is 5.91 Å². The van der Waals surface area contributed by atoms with E-state index in [4.69, 9.17) is 32.9 Å². The first-order chi connectivity index (χ1) is 21.7. The third-order valence-electron chi connectivity index (χ3n) is 8.91.